The summed E-state index contributed by atoms with van der Waals surface area (Å²) in [5, 5.41) is 16.5. The number of hydrogen-bond acceptors (Lipinski definition) is 4. The average molecular weight is 367 g/mol. The van der Waals surface area contributed by atoms with Crippen molar-refractivity contribution >= 4 is 23.7 Å². The van der Waals surface area contributed by atoms with Gasteiger partial charge in [-0.1, -0.05) is 12.1 Å². The number of rotatable bonds is 6. The van der Waals surface area contributed by atoms with Gasteiger partial charge in [-0.2, -0.15) is 5.10 Å². The number of aromatic hydroxyl groups is 1. The van der Waals surface area contributed by atoms with E-state index < -0.39 is 0 Å². The maximum Gasteiger partial charge on any atom is 0.240 e. The van der Waals surface area contributed by atoms with Crippen LogP contribution in [0.4, 0.5) is 5.69 Å². The minimum atomic E-state index is -0.338. The second-order valence-corrected chi connectivity index (χ2v) is 6.66. The van der Waals surface area contributed by atoms with Crippen LogP contribution in [0.5, 0.6) is 5.75 Å². The Morgan fingerprint density at radius 3 is 2.26 bits per heavy atom. The standard InChI is InChI=1S/C21H25N3O3/c1-13-5-6-14(2)18(9-13)23-19(25)7-8-20(26)24-22-12-17-10-15(3)21(27)16(4)11-17/h5-6,9-12,27H,7-8H2,1-4H3,(H,23,25)(H,24,26). The molecule has 0 aliphatic heterocycles. The topological polar surface area (TPSA) is 90.8 Å². The molecule has 142 valence electrons. The van der Waals surface area contributed by atoms with Crippen molar-refractivity contribution in [3.8, 4) is 5.75 Å². The van der Waals surface area contributed by atoms with E-state index >= 15 is 0 Å². The summed E-state index contributed by atoms with van der Waals surface area (Å²) in [5.41, 5.74) is 7.46. The summed E-state index contributed by atoms with van der Waals surface area (Å²) in [6, 6.07) is 9.37. The number of anilines is 1. The number of nitrogens with one attached hydrogen (secondary N) is 2. The Morgan fingerprint density at radius 1 is 0.963 bits per heavy atom. The highest BCUT2D eigenvalue weighted by atomic mass is 16.3. The third kappa shape index (κ3) is 5.95. The maximum atomic E-state index is 12.0. The Morgan fingerprint density at radius 2 is 1.59 bits per heavy atom. The van der Waals surface area contributed by atoms with Crippen molar-refractivity contribution < 1.29 is 14.7 Å². The Balaban J connectivity index is 1.82. The molecule has 0 bridgehead atoms. The zero-order valence-electron chi connectivity index (χ0n) is 16.1. The summed E-state index contributed by atoms with van der Waals surface area (Å²) in [7, 11) is 0. The molecule has 0 aromatic heterocycles. The van der Waals surface area contributed by atoms with Gasteiger partial charge in [-0.05, 0) is 73.7 Å². The first-order chi connectivity index (χ1) is 12.8. The van der Waals surface area contributed by atoms with Gasteiger partial charge < -0.3 is 10.4 Å². The van der Waals surface area contributed by atoms with Gasteiger partial charge in [0.25, 0.3) is 0 Å². The Labute approximate surface area is 159 Å². The molecule has 0 fully saturated rings. The number of nitrogens with zero attached hydrogens (tertiary/aromatic N) is 1. The molecule has 0 saturated carbocycles. The monoisotopic (exact) mass is 367 g/mol. The Hall–Kier alpha value is -3.15. The first-order valence-electron chi connectivity index (χ1n) is 8.75. The van der Waals surface area contributed by atoms with Crippen LogP contribution in [0.25, 0.3) is 0 Å². The van der Waals surface area contributed by atoms with E-state index in [0.29, 0.717) is 0 Å². The lowest BCUT2D eigenvalue weighted by Gasteiger charge is -2.09. The largest absolute Gasteiger partial charge is 0.507 e. The number of phenolic OH excluding ortho intramolecular Hbond substituents is 1. The third-order valence-electron chi connectivity index (χ3n) is 4.16. The molecular formula is C21H25N3O3. The molecule has 0 aliphatic rings. The van der Waals surface area contributed by atoms with Crippen molar-refractivity contribution in [1.82, 2.24) is 5.43 Å². The van der Waals surface area contributed by atoms with E-state index in [4.69, 9.17) is 0 Å². The summed E-state index contributed by atoms with van der Waals surface area (Å²) in [5.74, 6) is -0.298. The summed E-state index contributed by atoms with van der Waals surface area (Å²) in [4.78, 5) is 23.9. The van der Waals surface area contributed by atoms with Gasteiger partial charge in [0.1, 0.15) is 5.75 Å². The molecule has 3 N–H and O–H groups in total. The predicted molar refractivity (Wildman–Crippen MR) is 107 cm³/mol. The van der Waals surface area contributed by atoms with Crippen molar-refractivity contribution in [2.45, 2.75) is 40.5 Å². The summed E-state index contributed by atoms with van der Waals surface area (Å²) in [6.07, 6.45) is 1.63. The lowest BCUT2D eigenvalue weighted by atomic mass is 10.1. The van der Waals surface area contributed by atoms with E-state index in [1.165, 1.54) is 6.21 Å². The van der Waals surface area contributed by atoms with Crippen LogP contribution in [0.2, 0.25) is 0 Å². The van der Waals surface area contributed by atoms with E-state index in [1.807, 2.05) is 32.0 Å². The molecule has 0 atom stereocenters. The summed E-state index contributed by atoms with van der Waals surface area (Å²) < 4.78 is 0. The fourth-order valence-electron chi connectivity index (χ4n) is 2.61. The molecule has 0 heterocycles. The summed E-state index contributed by atoms with van der Waals surface area (Å²) >= 11 is 0. The quantitative estimate of drug-likeness (QED) is 0.539. The molecule has 0 spiro atoms. The van der Waals surface area contributed by atoms with Gasteiger partial charge in [0.15, 0.2) is 0 Å². The molecule has 2 amide bonds. The number of hydrogen-bond donors (Lipinski definition) is 3. The molecule has 6 heteroatoms. The number of hydrazone groups is 1. The van der Waals surface area contributed by atoms with Crippen molar-refractivity contribution in [1.29, 1.82) is 0 Å². The average Bonchev–Trinajstić information content (AvgIpc) is 2.61. The first-order valence-corrected chi connectivity index (χ1v) is 8.75. The zero-order chi connectivity index (χ0) is 20.0. The van der Waals surface area contributed by atoms with Gasteiger partial charge >= 0.3 is 0 Å². The van der Waals surface area contributed by atoms with Crippen LogP contribution in [0.1, 0.15) is 40.7 Å². The Kier molecular flexibility index (Phi) is 6.71. The molecule has 27 heavy (non-hydrogen) atoms. The van der Waals surface area contributed by atoms with E-state index in [2.05, 4.69) is 15.8 Å². The molecular weight excluding hydrogens is 342 g/mol. The number of phenols is 1. The van der Waals surface area contributed by atoms with E-state index in [9.17, 15) is 14.7 Å². The smallest absolute Gasteiger partial charge is 0.240 e. The fraction of sp³-hybridized carbons (Fsp3) is 0.286. The number of carbonyl (C=O) groups is 2. The van der Waals surface area contributed by atoms with Gasteiger partial charge in [-0.3, -0.25) is 9.59 Å². The molecule has 0 aliphatic carbocycles. The molecule has 2 aromatic carbocycles. The van der Waals surface area contributed by atoms with Crippen molar-refractivity contribution in [2.75, 3.05) is 5.32 Å². The number of benzene rings is 2. The van der Waals surface area contributed by atoms with Crippen molar-refractivity contribution in [3.05, 3.63) is 58.1 Å². The van der Waals surface area contributed by atoms with Crippen LogP contribution in [0, 0.1) is 27.7 Å². The Bertz CT molecular complexity index is 865. The van der Waals surface area contributed by atoms with E-state index in [1.54, 1.807) is 26.0 Å². The van der Waals surface area contributed by atoms with Gasteiger partial charge in [-0.25, -0.2) is 5.43 Å². The number of amides is 2. The highest BCUT2D eigenvalue weighted by molar-refractivity contribution is 5.94. The molecule has 0 unspecified atom stereocenters. The minimum Gasteiger partial charge on any atom is -0.507 e. The summed E-state index contributed by atoms with van der Waals surface area (Å²) in [6.45, 7) is 7.47. The van der Waals surface area contributed by atoms with Gasteiger partial charge in [0.05, 0.1) is 6.21 Å². The lowest BCUT2D eigenvalue weighted by molar-refractivity contribution is -0.124. The van der Waals surface area contributed by atoms with E-state index in [-0.39, 0.29) is 30.4 Å². The van der Waals surface area contributed by atoms with Gasteiger partial charge in [0.2, 0.25) is 11.8 Å². The highest BCUT2D eigenvalue weighted by Crippen LogP contribution is 2.22. The number of carbonyl (C=O) groups excluding carboxylic acids is 2. The second kappa shape index (κ2) is 8.98. The number of aryl methyl sites for hydroxylation is 4. The molecule has 6 nitrogen and oxygen atoms in total. The van der Waals surface area contributed by atoms with Crippen LogP contribution < -0.4 is 10.7 Å². The van der Waals surface area contributed by atoms with Crippen LogP contribution in [0.15, 0.2) is 35.4 Å². The second-order valence-electron chi connectivity index (χ2n) is 6.66. The SMILES string of the molecule is Cc1ccc(C)c(NC(=O)CCC(=O)NN=Cc2cc(C)c(O)c(C)c2)c1. The van der Waals surface area contributed by atoms with Gasteiger partial charge in [-0.15, -0.1) is 0 Å². The maximum absolute atomic E-state index is 12.0. The molecule has 2 rings (SSSR count). The fourth-order valence-corrected chi connectivity index (χ4v) is 2.61. The molecule has 2 aromatic rings. The zero-order valence-corrected chi connectivity index (χ0v) is 16.1. The first kappa shape index (κ1) is 20.2. The normalized spacial score (nSPS) is 10.8. The highest BCUT2D eigenvalue weighted by Gasteiger charge is 2.08. The van der Waals surface area contributed by atoms with Gasteiger partial charge in [0, 0.05) is 18.5 Å². The van der Waals surface area contributed by atoms with E-state index in [0.717, 1.165) is 33.5 Å². The van der Waals surface area contributed by atoms with Crippen LogP contribution in [0.3, 0.4) is 0 Å². The minimum absolute atomic E-state index is 0.0433. The van der Waals surface area contributed by atoms with Crippen molar-refractivity contribution in [2.24, 2.45) is 5.10 Å². The van der Waals surface area contributed by atoms with Crippen LogP contribution in [-0.4, -0.2) is 23.1 Å². The third-order valence-corrected chi connectivity index (χ3v) is 4.16. The molecule has 0 saturated heterocycles. The molecule has 0 radical (unpaired) electrons. The van der Waals surface area contributed by atoms with Crippen LogP contribution in [-0.2, 0) is 9.59 Å². The predicted octanol–water partition coefficient (Wildman–Crippen LogP) is 3.49. The van der Waals surface area contributed by atoms with Crippen LogP contribution >= 0.6 is 0 Å². The lowest BCUT2D eigenvalue weighted by Crippen LogP contribution is -2.21. The van der Waals surface area contributed by atoms with Crippen molar-refractivity contribution in [3.63, 3.8) is 0 Å².